The number of anilines is 1. The number of β-amino-alcohol motifs (C(OH)–C–C–N with tert-alkyl or cyclic N) is 1. The Morgan fingerprint density at radius 1 is 1.65 bits per heavy atom. The third kappa shape index (κ3) is 2.47. The molecule has 0 amide bonds. The van der Waals surface area contributed by atoms with E-state index in [1.807, 2.05) is 4.90 Å². The van der Waals surface area contributed by atoms with E-state index < -0.39 is 5.60 Å². The van der Waals surface area contributed by atoms with Crippen LogP contribution in [0.4, 0.5) is 5.82 Å². The van der Waals surface area contributed by atoms with Crippen LogP contribution in [-0.2, 0) is 0 Å². The van der Waals surface area contributed by atoms with Crippen molar-refractivity contribution in [1.82, 2.24) is 4.98 Å². The van der Waals surface area contributed by atoms with Gasteiger partial charge in [0.25, 0.3) is 0 Å². The Morgan fingerprint density at radius 2 is 2.41 bits per heavy atom. The van der Waals surface area contributed by atoms with Crippen molar-refractivity contribution in [3.05, 3.63) is 23.9 Å². The van der Waals surface area contributed by atoms with Gasteiger partial charge in [-0.15, -0.1) is 0 Å². The molecule has 92 valence electrons. The predicted molar refractivity (Wildman–Crippen MR) is 64.2 cm³/mol. The summed E-state index contributed by atoms with van der Waals surface area (Å²) in [6.07, 6.45) is 2.32. The average Bonchev–Trinajstić information content (AvgIpc) is 2.69. The van der Waals surface area contributed by atoms with Gasteiger partial charge in [0, 0.05) is 24.8 Å². The number of oxime groups is 1. The van der Waals surface area contributed by atoms with E-state index in [2.05, 4.69) is 10.1 Å². The van der Waals surface area contributed by atoms with Gasteiger partial charge in [0.15, 0.2) is 5.84 Å². The molecule has 1 atom stereocenters. The van der Waals surface area contributed by atoms with E-state index >= 15 is 0 Å². The molecule has 4 N–H and O–H groups in total. The van der Waals surface area contributed by atoms with E-state index in [9.17, 15) is 5.11 Å². The van der Waals surface area contributed by atoms with E-state index in [-0.39, 0.29) is 5.84 Å². The summed E-state index contributed by atoms with van der Waals surface area (Å²) in [5.74, 6) is 0.784. The summed E-state index contributed by atoms with van der Waals surface area (Å²) >= 11 is 0. The van der Waals surface area contributed by atoms with E-state index in [1.54, 1.807) is 25.3 Å². The zero-order chi connectivity index (χ0) is 12.5. The largest absolute Gasteiger partial charge is 0.409 e. The van der Waals surface area contributed by atoms with Gasteiger partial charge in [0.1, 0.15) is 5.82 Å². The van der Waals surface area contributed by atoms with Gasteiger partial charge in [0.05, 0.1) is 5.60 Å². The Morgan fingerprint density at radius 3 is 3.00 bits per heavy atom. The summed E-state index contributed by atoms with van der Waals surface area (Å²) in [6, 6.07) is 3.42. The van der Waals surface area contributed by atoms with E-state index in [4.69, 9.17) is 10.9 Å². The molecule has 6 nitrogen and oxygen atoms in total. The number of nitrogens with zero attached hydrogens (tertiary/aromatic N) is 3. The van der Waals surface area contributed by atoms with Crippen LogP contribution >= 0.6 is 0 Å². The van der Waals surface area contributed by atoms with Crippen LogP contribution < -0.4 is 10.6 Å². The standard InChI is InChI=1S/C11H16N4O2/c1-11(16)3-5-15(7-11)9-6-8(2-4-13-9)10(12)14-17/h2,4,6,16-17H,3,5,7H2,1H3,(H2,12,14). The second-order valence-electron chi connectivity index (χ2n) is 4.56. The Hall–Kier alpha value is -1.82. The molecule has 0 saturated carbocycles. The molecule has 1 fully saturated rings. The minimum Gasteiger partial charge on any atom is -0.409 e. The summed E-state index contributed by atoms with van der Waals surface area (Å²) < 4.78 is 0. The Balaban J connectivity index is 2.23. The molecule has 6 heteroatoms. The molecule has 2 rings (SSSR count). The molecule has 1 unspecified atom stereocenters. The molecule has 1 aliphatic heterocycles. The lowest BCUT2D eigenvalue weighted by Gasteiger charge is -2.20. The molecule has 0 aliphatic carbocycles. The fourth-order valence-electron chi connectivity index (χ4n) is 1.95. The summed E-state index contributed by atoms with van der Waals surface area (Å²) in [6.45, 7) is 3.10. The first-order valence-corrected chi connectivity index (χ1v) is 5.43. The minimum atomic E-state index is -0.672. The summed E-state index contributed by atoms with van der Waals surface area (Å²) in [5.41, 5.74) is 5.46. The molecular weight excluding hydrogens is 220 g/mol. The molecule has 1 aliphatic rings. The third-order valence-corrected chi connectivity index (χ3v) is 2.92. The second-order valence-corrected chi connectivity index (χ2v) is 4.56. The smallest absolute Gasteiger partial charge is 0.170 e. The van der Waals surface area contributed by atoms with Gasteiger partial charge in [-0.25, -0.2) is 4.98 Å². The highest BCUT2D eigenvalue weighted by Crippen LogP contribution is 2.25. The van der Waals surface area contributed by atoms with Crippen LogP contribution in [0.15, 0.2) is 23.5 Å². The number of aliphatic hydroxyl groups is 1. The van der Waals surface area contributed by atoms with Gasteiger partial charge < -0.3 is 20.9 Å². The fourth-order valence-corrected chi connectivity index (χ4v) is 1.95. The van der Waals surface area contributed by atoms with Crippen LogP contribution in [0, 0.1) is 0 Å². The molecule has 1 aromatic rings. The predicted octanol–water partition coefficient (Wildman–Crippen LogP) is 0.137. The van der Waals surface area contributed by atoms with Crippen LogP contribution in [0.5, 0.6) is 0 Å². The van der Waals surface area contributed by atoms with Gasteiger partial charge in [0.2, 0.25) is 0 Å². The van der Waals surface area contributed by atoms with E-state index in [0.717, 1.165) is 12.4 Å². The van der Waals surface area contributed by atoms with Crippen molar-refractivity contribution in [3.63, 3.8) is 0 Å². The molecule has 2 heterocycles. The molecule has 1 saturated heterocycles. The molecule has 0 aromatic carbocycles. The van der Waals surface area contributed by atoms with Gasteiger partial charge in [-0.1, -0.05) is 5.16 Å². The van der Waals surface area contributed by atoms with Gasteiger partial charge in [-0.2, -0.15) is 0 Å². The molecule has 17 heavy (non-hydrogen) atoms. The minimum absolute atomic E-state index is 0.0552. The first-order valence-electron chi connectivity index (χ1n) is 5.43. The van der Waals surface area contributed by atoms with Crippen LogP contribution in [0.2, 0.25) is 0 Å². The molecule has 0 spiro atoms. The quantitative estimate of drug-likeness (QED) is 0.294. The number of aromatic nitrogens is 1. The Bertz CT molecular complexity index is 445. The fraction of sp³-hybridized carbons (Fsp3) is 0.455. The van der Waals surface area contributed by atoms with Gasteiger partial charge in [-0.3, -0.25) is 0 Å². The van der Waals surface area contributed by atoms with Gasteiger partial charge >= 0.3 is 0 Å². The molecule has 1 aromatic heterocycles. The van der Waals surface area contributed by atoms with Crippen molar-refractivity contribution < 1.29 is 10.3 Å². The summed E-state index contributed by atoms with van der Waals surface area (Å²) in [7, 11) is 0. The normalized spacial score (nSPS) is 25.3. The highest BCUT2D eigenvalue weighted by Gasteiger charge is 2.31. The van der Waals surface area contributed by atoms with Crippen LogP contribution in [-0.4, -0.2) is 39.8 Å². The average molecular weight is 236 g/mol. The third-order valence-electron chi connectivity index (χ3n) is 2.92. The monoisotopic (exact) mass is 236 g/mol. The van der Waals surface area contributed by atoms with Crippen molar-refractivity contribution in [2.24, 2.45) is 10.9 Å². The van der Waals surface area contributed by atoms with Crippen molar-refractivity contribution in [3.8, 4) is 0 Å². The SMILES string of the molecule is CC1(O)CCN(c2cc(/C(N)=N/O)ccn2)C1. The van der Waals surface area contributed by atoms with Crippen LogP contribution in [0.1, 0.15) is 18.9 Å². The van der Waals surface area contributed by atoms with Crippen molar-refractivity contribution in [1.29, 1.82) is 0 Å². The number of pyridine rings is 1. The van der Waals surface area contributed by atoms with Crippen molar-refractivity contribution in [2.45, 2.75) is 18.9 Å². The Labute approximate surface area is 99.4 Å². The number of hydrogen-bond acceptors (Lipinski definition) is 5. The number of nitrogens with two attached hydrogens (primary N) is 1. The van der Waals surface area contributed by atoms with E-state index in [1.165, 1.54) is 0 Å². The highest BCUT2D eigenvalue weighted by molar-refractivity contribution is 5.97. The second kappa shape index (κ2) is 4.21. The zero-order valence-corrected chi connectivity index (χ0v) is 9.67. The molecular formula is C11H16N4O2. The summed E-state index contributed by atoms with van der Waals surface area (Å²) in [5, 5.41) is 21.5. The first kappa shape index (κ1) is 11.7. The topological polar surface area (TPSA) is 95.0 Å². The maximum atomic E-state index is 9.89. The highest BCUT2D eigenvalue weighted by atomic mass is 16.4. The maximum Gasteiger partial charge on any atom is 0.170 e. The van der Waals surface area contributed by atoms with Crippen LogP contribution in [0.25, 0.3) is 0 Å². The van der Waals surface area contributed by atoms with Gasteiger partial charge in [-0.05, 0) is 25.5 Å². The van der Waals surface area contributed by atoms with E-state index in [0.29, 0.717) is 18.5 Å². The lowest BCUT2D eigenvalue weighted by Crippen LogP contribution is -2.30. The zero-order valence-electron chi connectivity index (χ0n) is 9.67. The number of rotatable bonds is 2. The Kier molecular flexibility index (Phi) is 2.89. The summed E-state index contributed by atoms with van der Waals surface area (Å²) in [4.78, 5) is 6.21. The maximum absolute atomic E-state index is 9.89. The number of amidine groups is 1. The van der Waals surface area contributed by atoms with Crippen molar-refractivity contribution >= 4 is 11.7 Å². The molecule has 0 bridgehead atoms. The van der Waals surface area contributed by atoms with Crippen molar-refractivity contribution in [2.75, 3.05) is 18.0 Å². The lowest BCUT2D eigenvalue weighted by molar-refractivity contribution is 0.0839. The molecule has 0 radical (unpaired) electrons. The first-order chi connectivity index (χ1) is 8.02. The lowest BCUT2D eigenvalue weighted by atomic mass is 10.1. The van der Waals surface area contributed by atoms with Crippen LogP contribution in [0.3, 0.4) is 0 Å². The number of hydrogen-bond donors (Lipinski definition) is 3.